The average molecular weight is 330 g/mol. The Morgan fingerprint density at radius 2 is 1.92 bits per heavy atom. The van der Waals surface area contributed by atoms with Crippen LogP contribution in [0.3, 0.4) is 0 Å². The summed E-state index contributed by atoms with van der Waals surface area (Å²) in [6.45, 7) is 4.89. The van der Waals surface area contributed by atoms with Crippen LogP contribution in [0.15, 0.2) is 30.5 Å². The number of aromatic amines is 1. The lowest BCUT2D eigenvalue weighted by molar-refractivity contribution is 0.0226. The Morgan fingerprint density at radius 1 is 1.17 bits per heavy atom. The first kappa shape index (κ1) is 16.4. The molecule has 0 aliphatic carbocycles. The molecule has 3 rings (SSSR count). The first-order chi connectivity index (χ1) is 11.3. The standard InChI is InChI=1S/C19H20F2N2O/c1-11-7-15-18(12(2)10-22-15)23-17(11)14-6-5-13(8-16(14)24-4)9-19(3,20)21/h5-8,10,22H,9H2,1-4H3. The quantitative estimate of drug-likeness (QED) is 0.726. The number of nitrogens with zero attached hydrogens (tertiary/aromatic N) is 1. The molecule has 1 aromatic carbocycles. The fourth-order valence-corrected chi connectivity index (χ4v) is 2.95. The van der Waals surface area contributed by atoms with Gasteiger partial charge in [0.15, 0.2) is 0 Å². The normalized spacial score (nSPS) is 11.9. The highest BCUT2D eigenvalue weighted by Crippen LogP contribution is 2.34. The largest absolute Gasteiger partial charge is 0.496 e. The van der Waals surface area contributed by atoms with E-state index in [4.69, 9.17) is 9.72 Å². The van der Waals surface area contributed by atoms with E-state index in [0.717, 1.165) is 40.3 Å². The number of aryl methyl sites for hydroxylation is 2. The van der Waals surface area contributed by atoms with Gasteiger partial charge in [0.05, 0.1) is 23.8 Å². The van der Waals surface area contributed by atoms with Gasteiger partial charge in [0.1, 0.15) is 5.75 Å². The molecule has 3 aromatic rings. The lowest BCUT2D eigenvalue weighted by atomic mass is 10.0. The van der Waals surface area contributed by atoms with Gasteiger partial charge in [-0.3, -0.25) is 0 Å². The summed E-state index contributed by atoms with van der Waals surface area (Å²) in [5.41, 5.74) is 6.10. The predicted octanol–water partition coefficient (Wildman–Crippen LogP) is 5.05. The molecule has 2 heterocycles. The van der Waals surface area contributed by atoms with E-state index in [0.29, 0.717) is 11.3 Å². The number of methoxy groups -OCH3 is 1. The van der Waals surface area contributed by atoms with Gasteiger partial charge < -0.3 is 9.72 Å². The second-order valence-electron chi connectivity index (χ2n) is 6.30. The minimum Gasteiger partial charge on any atom is -0.496 e. The molecule has 24 heavy (non-hydrogen) atoms. The summed E-state index contributed by atoms with van der Waals surface area (Å²) in [7, 11) is 1.54. The number of H-pyrrole nitrogens is 1. The van der Waals surface area contributed by atoms with Crippen LogP contribution < -0.4 is 4.74 Å². The number of halogens is 2. The minimum atomic E-state index is -2.75. The molecule has 0 atom stereocenters. The topological polar surface area (TPSA) is 37.9 Å². The molecule has 1 N–H and O–H groups in total. The van der Waals surface area contributed by atoms with Crippen LogP contribution in [0.1, 0.15) is 23.6 Å². The Hall–Kier alpha value is -2.43. The number of aromatic nitrogens is 2. The van der Waals surface area contributed by atoms with Crippen LogP contribution in [-0.2, 0) is 6.42 Å². The van der Waals surface area contributed by atoms with E-state index < -0.39 is 5.92 Å². The molecule has 0 amide bonds. The van der Waals surface area contributed by atoms with E-state index in [2.05, 4.69) is 4.98 Å². The zero-order valence-corrected chi connectivity index (χ0v) is 14.2. The zero-order valence-electron chi connectivity index (χ0n) is 14.2. The molecule has 0 aliphatic rings. The smallest absolute Gasteiger partial charge is 0.249 e. The molecule has 0 radical (unpaired) electrons. The number of fused-ring (bicyclic) bond motifs is 1. The first-order valence-electron chi connectivity index (χ1n) is 7.79. The van der Waals surface area contributed by atoms with E-state index in [1.165, 1.54) is 0 Å². The number of ether oxygens (including phenoxy) is 1. The van der Waals surface area contributed by atoms with Gasteiger partial charge in [0, 0.05) is 18.2 Å². The lowest BCUT2D eigenvalue weighted by Crippen LogP contribution is -2.13. The summed E-state index contributed by atoms with van der Waals surface area (Å²) in [6.07, 6.45) is 1.61. The average Bonchev–Trinajstić information content (AvgIpc) is 2.85. The number of benzene rings is 1. The van der Waals surface area contributed by atoms with E-state index in [9.17, 15) is 8.78 Å². The predicted molar refractivity (Wildman–Crippen MR) is 91.9 cm³/mol. The van der Waals surface area contributed by atoms with Gasteiger partial charge in [-0.1, -0.05) is 6.07 Å². The minimum absolute atomic E-state index is 0.313. The number of rotatable bonds is 4. The van der Waals surface area contributed by atoms with Gasteiger partial charge in [-0.25, -0.2) is 13.8 Å². The molecule has 0 saturated heterocycles. The van der Waals surface area contributed by atoms with Crippen molar-refractivity contribution < 1.29 is 13.5 Å². The van der Waals surface area contributed by atoms with Crippen molar-refractivity contribution in [3.8, 4) is 17.0 Å². The maximum absolute atomic E-state index is 13.3. The molecule has 5 heteroatoms. The summed E-state index contributed by atoms with van der Waals surface area (Å²) < 4.78 is 32.0. The van der Waals surface area contributed by atoms with Crippen LogP contribution in [0, 0.1) is 13.8 Å². The first-order valence-corrected chi connectivity index (χ1v) is 7.79. The van der Waals surface area contributed by atoms with Crippen molar-refractivity contribution in [3.63, 3.8) is 0 Å². The van der Waals surface area contributed by atoms with Gasteiger partial charge in [0.25, 0.3) is 0 Å². The Labute approximate surface area is 139 Å². The molecule has 0 saturated carbocycles. The summed E-state index contributed by atoms with van der Waals surface area (Å²) in [6, 6.07) is 7.23. The van der Waals surface area contributed by atoms with Gasteiger partial charge in [-0.2, -0.15) is 0 Å². The summed E-state index contributed by atoms with van der Waals surface area (Å²) in [4.78, 5) is 7.95. The van der Waals surface area contributed by atoms with Crippen molar-refractivity contribution in [2.75, 3.05) is 7.11 Å². The van der Waals surface area contributed by atoms with E-state index in [-0.39, 0.29) is 6.42 Å². The van der Waals surface area contributed by atoms with E-state index >= 15 is 0 Å². The third kappa shape index (κ3) is 3.11. The summed E-state index contributed by atoms with van der Waals surface area (Å²) in [5, 5.41) is 0. The highest BCUT2D eigenvalue weighted by molar-refractivity contribution is 5.84. The molecule has 2 aromatic heterocycles. The highest BCUT2D eigenvalue weighted by atomic mass is 19.3. The third-order valence-electron chi connectivity index (χ3n) is 4.07. The van der Waals surface area contributed by atoms with Crippen LogP contribution in [0.2, 0.25) is 0 Å². The molecule has 0 spiro atoms. The molecule has 0 fully saturated rings. The Morgan fingerprint density at radius 3 is 2.58 bits per heavy atom. The van der Waals surface area contributed by atoms with Crippen molar-refractivity contribution in [3.05, 3.63) is 47.2 Å². The van der Waals surface area contributed by atoms with Crippen molar-refractivity contribution in [1.29, 1.82) is 0 Å². The molecular weight excluding hydrogens is 310 g/mol. The van der Waals surface area contributed by atoms with Crippen molar-refractivity contribution in [1.82, 2.24) is 9.97 Å². The fourth-order valence-electron chi connectivity index (χ4n) is 2.95. The zero-order chi connectivity index (χ0) is 17.5. The lowest BCUT2D eigenvalue weighted by Gasteiger charge is -2.15. The van der Waals surface area contributed by atoms with Gasteiger partial charge in [-0.05, 0) is 55.7 Å². The third-order valence-corrected chi connectivity index (χ3v) is 4.07. The van der Waals surface area contributed by atoms with Crippen LogP contribution in [0.25, 0.3) is 22.3 Å². The maximum Gasteiger partial charge on any atom is 0.249 e. The Bertz CT molecular complexity index is 894. The van der Waals surface area contributed by atoms with Crippen LogP contribution in [-0.4, -0.2) is 23.0 Å². The second-order valence-corrected chi connectivity index (χ2v) is 6.30. The molecule has 0 unspecified atom stereocenters. The van der Waals surface area contributed by atoms with Crippen LogP contribution in [0.4, 0.5) is 8.78 Å². The molecule has 0 bridgehead atoms. The van der Waals surface area contributed by atoms with E-state index in [1.807, 2.05) is 32.2 Å². The SMILES string of the molecule is COc1cc(CC(C)(F)F)ccc1-c1nc2c(C)c[nH]c2cc1C. The molecule has 3 nitrogen and oxygen atoms in total. The van der Waals surface area contributed by atoms with Crippen LogP contribution >= 0.6 is 0 Å². The van der Waals surface area contributed by atoms with E-state index in [1.54, 1.807) is 19.2 Å². The molecule has 0 aliphatic heterocycles. The summed E-state index contributed by atoms with van der Waals surface area (Å²) >= 11 is 0. The van der Waals surface area contributed by atoms with Gasteiger partial charge in [0.2, 0.25) is 5.92 Å². The number of nitrogens with one attached hydrogen (secondary N) is 1. The van der Waals surface area contributed by atoms with Crippen molar-refractivity contribution >= 4 is 11.0 Å². The maximum atomic E-state index is 13.3. The van der Waals surface area contributed by atoms with Crippen molar-refractivity contribution in [2.24, 2.45) is 0 Å². The van der Waals surface area contributed by atoms with Gasteiger partial charge in [-0.15, -0.1) is 0 Å². The number of pyridine rings is 1. The van der Waals surface area contributed by atoms with Crippen LogP contribution in [0.5, 0.6) is 5.75 Å². The highest BCUT2D eigenvalue weighted by Gasteiger charge is 2.22. The van der Waals surface area contributed by atoms with Gasteiger partial charge >= 0.3 is 0 Å². The number of hydrogen-bond acceptors (Lipinski definition) is 2. The number of hydrogen-bond donors (Lipinski definition) is 1. The molecular formula is C19H20F2N2O. The molecule has 126 valence electrons. The monoisotopic (exact) mass is 330 g/mol. The Balaban J connectivity index is 2.11. The Kier molecular flexibility index (Phi) is 4.03. The fraction of sp³-hybridized carbons (Fsp3) is 0.316. The summed E-state index contributed by atoms with van der Waals surface area (Å²) in [5.74, 6) is -2.19. The van der Waals surface area contributed by atoms with Crippen molar-refractivity contribution in [2.45, 2.75) is 33.1 Å². The second kappa shape index (κ2) is 5.89. The number of alkyl halides is 2.